The lowest BCUT2D eigenvalue weighted by atomic mass is 9.79. The van der Waals surface area contributed by atoms with Crippen LogP contribution in [0.5, 0.6) is 0 Å². The Kier molecular flexibility index (Phi) is 83.6. The van der Waals surface area contributed by atoms with E-state index in [9.17, 15) is 0 Å². The molecule has 670 valence electrons. The molecule has 0 rings (SSSR count). The highest BCUT2D eigenvalue weighted by Gasteiger charge is 2.21. The fourth-order valence-electron chi connectivity index (χ4n) is 16.5. The van der Waals surface area contributed by atoms with Crippen LogP contribution in [0, 0.1) is 141 Å². The summed E-state index contributed by atoms with van der Waals surface area (Å²) in [6.07, 6.45) is 71.2. The first-order valence-electron chi connectivity index (χ1n) is 51.6. The standard InChI is InChI=1S/5C22H46/c1-18(2)12-9-13-20(5)14-10-16-22(7,8)17-11-15-21(6)19(3)4;1-8-19(4)12-9-13-20(5)14-10-15-21(6)16-11-17-22(7)18(2)3;1-8-21(6)22(7)17-11-16-20(5)15-10-14-19(4)13-9-12-18(2)3;1-8-19(3)13-10-14-20(4)15-11-16-21(5)17-12-18-22(6,7)9-2;1-8-18(3)12-10-13-20(5)14-11-15-21(6)22(7)17-16-19(4)9-2/h18-21H,9-17H2,1-8H3;2*18-22H,8-17H2,1-7H3;19-21H,8-18H2,1-7H3;18-22H,8-17H2,1-7H3. The third-order valence-corrected chi connectivity index (χ3v) is 29.7. The van der Waals surface area contributed by atoms with Gasteiger partial charge in [0.15, 0.2) is 0 Å². The van der Waals surface area contributed by atoms with Crippen molar-refractivity contribution < 1.29 is 0 Å². The third kappa shape index (κ3) is 84.5. The Morgan fingerprint density at radius 3 is 0.573 bits per heavy atom. The van der Waals surface area contributed by atoms with Gasteiger partial charge in [0.2, 0.25) is 0 Å². The van der Waals surface area contributed by atoms with Crippen LogP contribution < -0.4 is 0 Å². The molecule has 0 heterocycles. The quantitative estimate of drug-likeness (QED) is 0.0569. The Hall–Kier alpha value is 0. The molecule has 0 amide bonds. The van der Waals surface area contributed by atoms with Gasteiger partial charge in [-0.2, -0.15) is 0 Å². The summed E-state index contributed by atoms with van der Waals surface area (Å²) in [6.45, 7) is 86.4. The molecule has 0 saturated heterocycles. The van der Waals surface area contributed by atoms with Crippen molar-refractivity contribution >= 4 is 0 Å². The summed E-state index contributed by atoms with van der Waals surface area (Å²) in [5.74, 6) is 20.1. The van der Waals surface area contributed by atoms with Crippen molar-refractivity contribution in [3.8, 4) is 0 Å². The van der Waals surface area contributed by atoms with E-state index in [1.54, 1.807) is 0 Å². The summed E-state index contributed by atoms with van der Waals surface area (Å²) in [4.78, 5) is 0. The van der Waals surface area contributed by atoms with Crippen LogP contribution in [0.4, 0.5) is 0 Å². The largest absolute Gasteiger partial charge is 0.0651 e. The van der Waals surface area contributed by atoms with Crippen molar-refractivity contribution in [2.75, 3.05) is 0 Å². The SMILES string of the molecule is CC(C)CCCC(C)CCCC(C)(C)CCCC(C)C(C)C.CCC(C)C(C)CCCC(C)CCCC(C)CCCC(C)C.CCC(C)CCCC(C)CCCC(C)C(C)CCC(C)CC.CCC(C)CCCC(C)CCCC(C)CCCC(C)(C)CC.CCC(C)CCCC(C)CCCC(C)CCCC(C)C(C)C. The first-order valence-corrected chi connectivity index (χ1v) is 51.6. The highest BCUT2D eigenvalue weighted by Crippen LogP contribution is 2.35. The number of hydrogen-bond donors (Lipinski definition) is 0. The molecule has 18 unspecified atom stereocenters. The average molecular weight is 1550 g/mol. The minimum Gasteiger partial charge on any atom is -0.0651 e. The third-order valence-electron chi connectivity index (χ3n) is 29.7. The van der Waals surface area contributed by atoms with Gasteiger partial charge in [-0.1, -0.05) is 551 Å². The van der Waals surface area contributed by atoms with Crippen LogP contribution in [0.15, 0.2) is 0 Å². The van der Waals surface area contributed by atoms with Gasteiger partial charge >= 0.3 is 0 Å². The molecular weight excluding hydrogens is 1320 g/mol. The van der Waals surface area contributed by atoms with E-state index in [4.69, 9.17) is 0 Å². The van der Waals surface area contributed by atoms with Crippen LogP contribution in [0.25, 0.3) is 0 Å². The molecule has 0 aliphatic heterocycles. The van der Waals surface area contributed by atoms with Crippen molar-refractivity contribution in [1.82, 2.24) is 0 Å². The minimum absolute atomic E-state index is 0.550. The lowest BCUT2D eigenvalue weighted by Gasteiger charge is -2.26. The Morgan fingerprint density at radius 2 is 0.336 bits per heavy atom. The van der Waals surface area contributed by atoms with Gasteiger partial charge < -0.3 is 0 Å². The summed E-state index contributed by atoms with van der Waals surface area (Å²) in [7, 11) is 0. The molecule has 0 aliphatic carbocycles. The predicted octanol–water partition coefficient (Wildman–Crippen LogP) is 40.7. The zero-order chi connectivity index (χ0) is 85.1. The van der Waals surface area contributed by atoms with Crippen LogP contribution in [-0.4, -0.2) is 0 Å². The Bertz CT molecular complexity index is 1780. The van der Waals surface area contributed by atoms with Crippen LogP contribution in [0.1, 0.15) is 570 Å². The van der Waals surface area contributed by atoms with Crippen molar-refractivity contribution in [3.05, 3.63) is 0 Å². The molecule has 0 fully saturated rings. The second-order valence-corrected chi connectivity index (χ2v) is 44.6. The Balaban J connectivity index is -0.000000418. The van der Waals surface area contributed by atoms with E-state index >= 15 is 0 Å². The van der Waals surface area contributed by atoms with E-state index in [1.165, 1.54) is 321 Å². The number of hydrogen-bond acceptors (Lipinski definition) is 0. The normalized spacial score (nSPS) is 17.1. The van der Waals surface area contributed by atoms with E-state index in [-0.39, 0.29) is 0 Å². The highest BCUT2D eigenvalue weighted by atomic mass is 14.3. The molecule has 0 aromatic carbocycles. The molecule has 0 aliphatic rings. The highest BCUT2D eigenvalue weighted by molar-refractivity contribution is 4.74. The van der Waals surface area contributed by atoms with Gasteiger partial charge in [-0.3, -0.25) is 0 Å². The van der Waals surface area contributed by atoms with E-state index in [1.807, 2.05) is 0 Å². The fourth-order valence-corrected chi connectivity index (χ4v) is 16.5. The van der Waals surface area contributed by atoms with E-state index in [0.717, 1.165) is 130 Å². The summed E-state index contributed by atoms with van der Waals surface area (Å²) in [5, 5.41) is 0. The molecule has 110 heavy (non-hydrogen) atoms. The maximum atomic E-state index is 2.48. The minimum atomic E-state index is 0.550. The van der Waals surface area contributed by atoms with Gasteiger partial charge in [0.25, 0.3) is 0 Å². The Morgan fingerprint density at radius 1 is 0.155 bits per heavy atom. The first-order chi connectivity index (χ1) is 51.6. The van der Waals surface area contributed by atoms with E-state index in [2.05, 4.69) is 249 Å². The zero-order valence-corrected chi connectivity index (χ0v) is 85.1. The average Bonchev–Trinajstić information content (AvgIpc) is 0.940. The van der Waals surface area contributed by atoms with Gasteiger partial charge in [-0.25, -0.2) is 0 Å². The molecule has 0 saturated carbocycles. The lowest BCUT2D eigenvalue weighted by molar-refractivity contribution is 0.259. The smallest absolute Gasteiger partial charge is 0.0354 e. The van der Waals surface area contributed by atoms with Crippen molar-refractivity contribution in [2.45, 2.75) is 570 Å². The van der Waals surface area contributed by atoms with Gasteiger partial charge in [0.1, 0.15) is 0 Å². The van der Waals surface area contributed by atoms with E-state index in [0.29, 0.717) is 10.8 Å². The van der Waals surface area contributed by atoms with E-state index < -0.39 is 0 Å². The van der Waals surface area contributed by atoms with Crippen LogP contribution in [0.3, 0.4) is 0 Å². The molecule has 0 spiro atoms. The number of rotatable bonds is 69. The summed E-state index contributed by atoms with van der Waals surface area (Å²) in [6, 6.07) is 0. The fraction of sp³-hybridized carbons (Fsp3) is 1.00. The first kappa shape index (κ1) is 119. The molecule has 0 radical (unpaired) electrons. The Labute approximate surface area is 707 Å². The molecule has 0 N–H and O–H groups in total. The predicted molar refractivity (Wildman–Crippen MR) is 517 cm³/mol. The lowest BCUT2D eigenvalue weighted by Crippen LogP contribution is -2.13. The maximum absolute atomic E-state index is 2.48. The molecule has 0 heteroatoms. The molecule has 0 aromatic rings. The second-order valence-electron chi connectivity index (χ2n) is 44.6. The second kappa shape index (κ2) is 77.6. The van der Waals surface area contributed by atoms with Gasteiger partial charge in [-0.05, 0) is 160 Å². The molecule has 0 bridgehead atoms. The monoisotopic (exact) mass is 1550 g/mol. The van der Waals surface area contributed by atoms with Crippen molar-refractivity contribution in [2.24, 2.45) is 141 Å². The topological polar surface area (TPSA) is 0 Å². The zero-order valence-electron chi connectivity index (χ0n) is 85.1. The van der Waals surface area contributed by atoms with Crippen LogP contribution in [-0.2, 0) is 0 Å². The van der Waals surface area contributed by atoms with Gasteiger partial charge in [0, 0.05) is 0 Å². The summed E-state index contributed by atoms with van der Waals surface area (Å²) < 4.78 is 0. The van der Waals surface area contributed by atoms with Crippen molar-refractivity contribution in [3.63, 3.8) is 0 Å². The van der Waals surface area contributed by atoms with Gasteiger partial charge in [-0.15, -0.1) is 0 Å². The molecule has 0 aromatic heterocycles. The van der Waals surface area contributed by atoms with Gasteiger partial charge in [0.05, 0.1) is 0 Å². The summed E-state index contributed by atoms with van der Waals surface area (Å²) in [5.41, 5.74) is 1.11. The molecule has 0 nitrogen and oxygen atoms in total. The van der Waals surface area contributed by atoms with Crippen LogP contribution in [0.2, 0.25) is 0 Å². The van der Waals surface area contributed by atoms with Crippen molar-refractivity contribution in [1.29, 1.82) is 0 Å². The maximum Gasteiger partial charge on any atom is -0.0354 e. The van der Waals surface area contributed by atoms with Crippen LogP contribution >= 0.6 is 0 Å². The molecular formula is C110H230. The molecule has 18 atom stereocenters. The summed E-state index contributed by atoms with van der Waals surface area (Å²) >= 11 is 0.